The molecule has 1 aliphatic rings. The van der Waals surface area contributed by atoms with E-state index in [1.165, 1.54) is 31.2 Å². The maximum Gasteiger partial charge on any atom is 0.0645 e. The van der Waals surface area contributed by atoms with Crippen molar-refractivity contribution in [1.82, 2.24) is 15.1 Å². The van der Waals surface area contributed by atoms with Gasteiger partial charge in [0.05, 0.1) is 11.9 Å². The molecule has 3 rings (SSSR count). The van der Waals surface area contributed by atoms with E-state index in [-0.39, 0.29) is 0 Å². The standard InChI is InChI=1S/C17H23N3/c1-14-6-5-7-16(10-14)18-11-15-12-19-20(13-15)17-8-3-2-4-9-17/h2-4,8-9,12-14,16,18H,5-7,10-11H2,1H3. The molecule has 1 aromatic heterocycles. The molecule has 3 nitrogen and oxygen atoms in total. The molecule has 0 saturated heterocycles. The van der Waals surface area contributed by atoms with Crippen LogP contribution in [0.1, 0.15) is 38.2 Å². The smallest absolute Gasteiger partial charge is 0.0645 e. The van der Waals surface area contributed by atoms with Gasteiger partial charge in [-0.3, -0.25) is 0 Å². The average Bonchev–Trinajstić information content (AvgIpc) is 2.95. The van der Waals surface area contributed by atoms with Crippen LogP contribution in [0.4, 0.5) is 0 Å². The van der Waals surface area contributed by atoms with Gasteiger partial charge in [0.25, 0.3) is 0 Å². The molecule has 2 unspecified atom stereocenters. The van der Waals surface area contributed by atoms with Crippen LogP contribution in [0, 0.1) is 5.92 Å². The highest BCUT2D eigenvalue weighted by Crippen LogP contribution is 2.23. The average molecular weight is 269 g/mol. The molecule has 1 aliphatic carbocycles. The van der Waals surface area contributed by atoms with Crippen molar-refractivity contribution >= 4 is 0 Å². The van der Waals surface area contributed by atoms with Crippen molar-refractivity contribution in [2.45, 2.75) is 45.2 Å². The molecule has 3 heteroatoms. The SMILES string of the molecule is CC1CCCC(NCc2cnn(-c3ccccc3)c2)C1. The zero-order chi connectivity index (χ0) is 13.8. The van der Waals surface area contributed by atoms with Crippen molar-refractivity contribution in [1.29, 1.82) is 0 Å². The molecule has 1 heterocycles. The lowest BCUT2D eigenvalue weighted by Crippen LogP contribution is -2.32. The predicted octanol–water partition coefficient (Wildman–Crippen LogP) is 3.54. The molecule has 0 spiro atoms. The van der Waals surface area contributed by atoms with Crippen LogP contribution in [0.25, 0.3) is 5.69 Å². The monoisotopic (exact) mass is 269 g/mol. The van der Waals surface area contributed by atoms with Gasteiger partial charge in [-0.2, -0.15) is 5.10 Å². The van der Waals surface area contributed by atoms with Crippen molar-refractivity contribution in [2.75, 3.05) is 0 Å². The summed E-state index contributed by atoms with van der Waals surface area (Å²) in [6.45, 7) is 3.28. The van der Waals surface area contributed by atoms with E-state index in [1.54, 1.807) is 0 Å². The Morgan fingerprint density at radius 2 is 2.10 bits per heavy atom. The summed E-state index contributed by atoms with van der Waals surface area (Å²) in [5.74, 6) is 0.869. The van der Waals surface area contributed by atoms with Crippen LogP contribution < -0.4 is 5.32 Å². The Morgan fingerprint density at radius 1 is 1.25 bits per heavy atom. The number of aromatic nitrogens is 2. The van der Waals surface area contributed by atoms with Crippen LogP contribution in [0.5, 0.6) is 0 Å². The second-order valence-electron chi connectivity index (χ2n) is 5.98. The lowest BCUT2D eigenvalue weighted by atomic mass is 9.87. The first-order chi connectivity index (χ1) is 9.81. The van der Waals surface area contributed by atoms with Gasteiger partial charge in [-0.1, -0.05) is 38.0 Å². The van der Waals surface area contributed by atoms with E-state index in [0.717, 1.165) is 18.2 Å². The van der Waals surface area contributed by atoms with Crippen molar-refractivity contribution in [3.05, 3.63) is 48.3 Å². The van der Waals surface area contributed by atoms with Crippen LogP contribution in [-0.2, 0) is 6.54 Å². The van der Waals surface area contributed by atoms with E-state index < -0.39 is 0 Å². The molecule has 2 aromatic rings. The molecule has 1 aromatic carbocycles. The fraction of sp³-hybridized carbons (Fsp3) is 0.471. The van der Waals surface area contributed by atoms with Gasteiger partial charge in [0.2, 0.25) is 0 Å². The van der Waals surface area contributed by atoms with E-state index in [1.807, 2.05) is 29.1 Å². The van der Waals surface area contributed by atoms with Crippen molar-refractivity contribution in [2.24, 2.45) is 5.92 Å². The quantitative estimate of drug-likeness (QED) is 0.920. The van der Waals surface area contributed by atoms with Crippen LogP contribution in [0.2, 0.25) is 0 Å². The van der Waals surface area contributed by atoms with Crippen molar-refractivity contribution < 1.29 is 0 Å². The van der Waals surface area contributed by atoms with Gasteiger partial charge < -0.3 is 5.32 Å². The van der Waals surface area contributed by atoms with E-state index in [9.17, 15) is 0 Å². The van der Waals surface area contributed by atoms with Gasteiger partial charge in [-0.25, -0.2) is 4.68 Å². The molecule has 0 amide bonds. The Bertz CT molecular complexity index is 532. The summed E-state index contributed by atoms with van der Waals surface area (Å²) in [4.78, 5) is 0. The van der Waals surface area contributed by atoms with E-state index >= 15 is 0 Å². The first-order valence-corrected chi connectivity index (χ1v) is 7.63. The summed E-state index contributed by atoms with van der Waals surface area (Å²) in [7, 11) is 0. The Morgan fingerprint density at radius 3 is 2.90 bits per heavy atom. The van der Waals surface area contributed by atoms with Gasteiger partial charge in [-0.15, -0.1) is 0 Å². The zero-order valence-corrected chi connectivity index (χ0v) is 12.1. The Labute approximate surface area is 121 Å². The highest BCUT2D eigenvalue weighted by Gasteiger charge is 2.18. The summed E-state index contributed by atoms with van der Waals surface area (Å²) in [5, 5.41) is 8.12. The second-order valence-corrected chi connectivity index (χ2v) is 5.98. The molecule has 1 fully saturated rings. The number of benzene rings is 1. The Balaban J connectivity index is 1.58. The van der Waals surface area contributed by atoms with E-state index in [4.69, 9.17) is 0 Å². The normalized spacial score (nSPS) is 22.9. The summed E-state index contributed by atoms with van der Waals surface area (Å²) in [6, 6.07) is 10.9. The van der Waals surface area contributed by atoms with Crippen molar-refractivity contribution in [3.63, 3.8) is 0 Å². The maximum atomic E-state index is 4.44. The summed E-state index contributed by atoms with van der Waals surface area (Å²) < 4.78 is 1.94. The van der Waals surface area contributed by atoms with Crippen LogP contribution in [0.15, 0.2) is 42.7 Å². The lowest BCUT2D eigenvalue weighted by Gasteiger charge is -2.27. The molecule has 106 valence electrons. The maximum absolute atomic E-state index is 4.44. The number of para-hydroxylation sites is 1. The van der Waals surface area contributed by atoms with Gasteiger partial charge in [-0.05, 0) is 30.9 Å². The molecular formula is C17H23N3. The van der Waals surface area contributed by atoms with E-state index in [0.29, 0.717) is 6.04 Å². The number of hydrogen-bond acceptors (Lipinski definition) is 2. The highest BCUT2D eigenvalue weighted by molar-refractivity contribution is 5.30. The second kappa shape index (κ2) is 6.23. The van der Waals surface area contributed by atoms with Gasteiger partial charge in [0.15, 0.2) is 0 Å². The summed E-state index contributed by atoms with van der Waals surface area (Å²) >= 11 is 0. The minimum atomic E-state index is 0.679. The molecule has 0 bridgehead atoms. The topological polar surface area (TPSA) is 29.9 Å². The summed E-state index contributed by atoms with van der Waals surface area (Å²) in [5.41, 5.74) is 2.37. The molecule has 1 N–H and O–H groups in total. The molecule has 20 heavy (non-hydrogen) atoms. The third kappa shape index (κ3) is 3.28. The molecule has 0 radical (unpaired) electrons. The van der Waals surface area contributed by atoms with Gasteiger partial charge in [0.1, 0.15) is 0 Å². The van der Waals surface area contributed by atoms with Crippen molar-refractivity contribution in [3.8, 4) is 5.69 Å². The predicted molar refractivity (Wildman–Crippen MR) is 81.8 cm³/mol. The zero-order valence-electron chi connectivity index (χ0n) is 12.1. The lowest BCUT2D eigenvalue weighted by molar-refractivity contribution is 0.300. The Kier molecular flexibility index (Phi) is 4.16. The van der Waals surface area contributed by atoms with Gasteiger partial charge in [0, 0.05) is 24.3 Å². The van der Waals surface area contributed by atoms with E-state index in [2.05, 4.69) is 35.7 Å². The minimum absolute atomic E-state index is 0.679. The first-order valence-electron chi connectivity index (χ1n) is 7.63. The highest BCUT2D eigenvalue weighted by atomic mass is 15.3. The van der Waals surface area contributed by atoms with Crippen LogP contribution >= 0.6 is 0 Å². The number of rotatable bonds is 4. The molecular weight excluding hydrogens is 246 g/mol. The largest absolute Gasteiger partial charge is 0.310 e. The minimum Gasteiger partial charge on any atom is -0.310 e. The molecule has 1 saturated carbocycles. The fourth-order valence-electron chi connectivity index (χ4n) is 3.06. The van der Waals surface area contributed by atoms with Gasteiger partial charge >= 0.3 is 0 Å². The Hall–Kier alpha value is -1.61. The van der Waals surface area contributed by atoms with Crippen LogP contribution in [0.3, 0.4) is 0 Å². The third-order valence-electron chi connectivity index (χ3n) is 4.19. The first kappa shape index (κ1) is 13.4. The molecule has 0 aliphatic heterocycles. The number of nitrogens with zero attached hydrogens (tertiary/aromatic N) is 2. The van der Waals surface area contributed by atoms with Crippen LogP contribution in [-0.4, -0.2) is 15.8 Å². The molecule has 2 atom stereocenters. The fourth-order valence-corrected chi connectivity index (χ4v) is 3.06. The third-order valence-corrected chi connectivity index (χ3v) is 4.19. The number of nitrogens with one attached hydrogen (secondary N) is 1. The number of hydrogen-bond donors (Lipinski definition) is 1. The summed E-state index contributed by atoms with van der Waals surface area (Å²) in [6.07, 6.45) is 9.47.